The Morgan fingerprint density at radius 3 is 2.21 bits per heavy atom. The summed E-state index contributed by atoms with van der Waals surface area (Å²) in [7, 11) is 0.652. The SMILES string of the molecule is COc1ccc(CNc2oc(-c3ccc(C)cc3)nc2P(=O)(OC)OC)cc1. The maximum Gasteiger partial charge on any atom is 0.384 e. The molecule has 0 saturated heterocycles. The second kappa shape index (κ2) is 8.61. The molecule has 0 spiro atoms. The van der Waals surface area contributed by atoms with Crippen molar-refractivity contribution in [3.63, 3.8) is 0 Å². The summed E-state index contributed by atoms with van der Waals surface area (Å²) in [5.41, 5.74) is 2.99. The molecule has 0 fully saturated rings. The minimum absolute atomic E-state index is 0.113. The molecule has 1 heterocycles. The first kappa shape index (κ1) is 20.1. The summed E-state index contributed by atoms with van der Waals surface area (Å²) in [5.74, 6) is 1.36. The van der Waals surface area contributed by atoms with Crippen molar-refractivity contribution >= 4 is 18.9 Å². The molecule has 0 amide bonds. The fraction of sp³-hybridized carbons (Fsp3) is 0.250. The van der Waals surface area contributed by atoms with Crippen LogP contribution < -0.4 is 15.5 Å². The summed E-state index contributed by atoms with van der Waals surface area (Å²) in [6.45, 7) is 2.43. The van der Waals surface area contributed by atoms with Crippen LogP contribution in [0, 0.1) is 6.92 Å². The lowest BCUT2D eigenvalue weighted by atomic mass is 10.1. The second-order valence-corrected chi connectivity index (χ2v) is 8.25. The van der Waals surface area contributed by atoms with Gasteiger partial charge in [0, 0.05) is 26.3 Å². The Bertz CT molecular complexity index is 959. The van der Waals surface area contributed by atoms with Crippen molar-refractivity contribution in [2.45, 2.75) is 13.5 Å². The third-order valence-electron chi connectivity index (χ3n) is 4.26. The number of nitrogens with zero attached hydrogens (tertiary/aromatic N) is 1. The average molecular weight is 402 g/mol. The lowest BCUT2D eigenvalue weighted by molar-refractivity contribution is 0.286. The summed E-state index contributed by atoms with van der Waals surface area (Å²) in [5, 5.41) is 3.14. The van der Waals surface area contributed by atoms with Gasteiger partial charge in [0.1, 0.15) is 5.75 Å². The second-order valence-electron chi connectivity index (χ2n) is 6.10. The largest absolute Gasteiger partial charge is 0.497 e. The highest BCUT2D eigenvalue weighted by atomic mass is 31.2. The van der Waals surface area contributed by atoms with E-state index < -0.39 is 7.60 Å². The molecule has 0 radical (unpaired) electrons. The molecular formula is C20H23N2O5P. The summed E-state index contributed by atoms with van der Waals surface area (Å²) in [6, 6.07) is 15.3. The Labute approximate surface area is 164 Å². The fourth-order valence-corrected chi connectivity index (χ4v) is 3.69. The Balaban J connectivity index is 1.92. The van der Waals surface area contributed by atoms with Crippen LogP contribution in [0.2, 0.25) is 0 Å². The van der Waals surface area contributed by atoms with Crippen molar-refractivity contribution in [2.75, 3.05) is 26.6 Å². The van der Waals surface area contributed by atoms with E-state index in [9.17, 15) is 4.57 Å². The molecule has 148 valence electrons. The highest BCUT2D eigenvalue weighted by Crippen LogP contribution is 2.47. The van der Waals surface area contributed by atoms with Gasteiger partial charge in [-0.3, -0.25) is 4.57 Å². The number of aromatic nitrogens is 1. The van der Waals surface area contributed by atoms with E-state index >= 15 is 0 Å². The minimum Gasteiger partial charge on any atom is -0.497 e. The Kier molecular flexibility index (Phi) is 6.19. The first-order valence-corrected chi connectivity index (χ1v) is 10.2. The van der Waals surface area contributed by atoms with Crippen molar-refractivity contribution in [1.29, 1.82) is 0 Å². The number of methoxy groups -OCH3 is 1. The van der Waals surface area contributed by atoms with Gasteiger partial charge in [-0.25, -0.2) is 0 Å². The van der Waals surface area contributed by atoms with E-state index in [2.05, 4.69) is 10.3 Å². The van der Waals surface area contributed by atoms with Gasteiger partial charge in [0.25, 0.3) is 0 Å². The fourth-order valence-electron chi connectivity index (χ4n) is 2.61. The highest BCUT2D eigenvalue weighted by molar-refractivity contribution is 7.62. The van der Waals surface area contributed by atoms with Crippen molar-refractivity contribution in [1.82, 2.24) is 4.98 Å². The molecule has 3 rings (SSSR count). The number of anilines is 1. The topological polar surface area (TPSA) is 82.8 Å². The average Bonchev–Trinajstić information content (AvgIpc) is 3.17. The third kappa shape index (κ3) is 4.28. The van der Waals surface area contributed by atoms with Crippen LogP contribution in [0.4, 0.5) is 5.88 Å². The molecule has 28 heavy (non-hydrogen) atoms. The van der Waals surface area contributed by atoms with Crippen LogP contribution >= 0.6 is 7.60 Å². The van der Waals surface area contributed by atoms with E-state index in [-0.39, 0.29) is 11.3 Å². The van der Waals surface area contributed by atoms with E-state index in [1.807, 2.05) is 55.5 Å². The van der Waals surface area contributed by atoms with Crippen LogP contribution in [-0.2, 0) is 20.2 Å². The molecule has 8 heteroatoms. The molecule has 0 unspecified atom stereocenters. The van der Waals surface area contributed by atoms with Gasteiger partial charge in [-0.1, -0.05) is 29.8 Å². The number of nitrogens with one attached hydrogen (secondary N) is 1. The molecule has 0 aliphatic rings. The van der Waals surface area contributed by atoms with Crippen LogP contribution in [0.25, 0.3) is 11.5 Å². The zero-order chi connectivity index (χ0) is 20.1. The maximum atomic E-state index is 12.9. The molecular weight excluding hydrogens is 379 g/mol. The molecule has 0 bridgehead atoms. The van der Waals surface area contributed by atoms with Crippen molar-refractivity contribution in [3.05, 3.63) is 59.7 Å². The maximum absolute atomic E-state index is 12.9. The van der Waals surface area contributed by atoms with Gasteiger partial charge in [-0.2, -0.15) is 4.98 Å². The Morgan fingerprint density at radius 1 is 1.00 bits per heavy atom. The third-order valence-corrected chi connectivity index (χ3v) is 6.04. The van der Waals surface area contributed by atoms with E-state index in [4.69, 9.17) is 18.2 Å². The molecule has 1 aromatic heterocycles. The monoisotopic (exact) mass is 402 g/mol. The van der Waals surface area contributed by atoms with Crippen molar-refractivity contribution in [2.24, 2.45) is 0 Å². The predicted molar refractivity (Wildman–Crippen MR) is 108 cm³/mol. The normalized spacial score (nSPS) is 11.4. The Hall–Kier alpha value is -2.60. The van der Waals surface area contributed by atoms with Crippen LogP contribution in [0.15, 0.2) is 52.9 Å². The van der Waals surface area contributed by atoms with Crippen LogP contribution in [0.3, 0.4) is 0 Å². The van der Waals surface area contributed by atoms with Gasteiger partial charge in [0.05, 0.1) is 7.11 Å². The number of aryl methyl sites for hydroxylation is 1. The van der Waals surface area contributed by atoms with E-state index in [1.54, 1.807) is 7.11 Å². The molecule has 0 atom stereocenters. The van der Waals surface area contributed by atoms with Crippen LogP contribution in [0.5, 0.6) is 5.75 Å². The predicted octanol–water partition coefficient (Wildman–Crippen LogP) is 4.38. The zero-order valence-corrected chi connectivity index (χ0v) is 17.2. The summed E-state index contributed by atoms with van der Waals surface area (Å²) >= 11 is 0. The minimum atomic E-state index is -3.60. The summed E-state index contributed by atoms with van der Waals surface area (Å²) < 4.78 is 34.2. The highest BCUT2D eigenvalue weighted by Gasteiger charge is 2.34. The number of hydrogen-bond acceptors (Lipinski definition) is 7. The van der Waals surface area contributed by atoms with Crippen molar-refractivity contribution in [3.8, 4) is 17.2 Å². The van der Waals surface area contributed by atoms with Gasteiger partial charge < -0.3 is 23.5 Å². The van der Waals surface area contributed by atoms with E-state index in [1.165, 1.54) is 14.2 Å². The summed E-state index contributed by atoms with van der Waals surface area (Å²) in [4.78, 5) is 4.40. The smallest absolute Gasteiger partial charge is 0.384 e. The lowest BCUT2D eigenvalue weighted by Gasteiger charge is -2.12. The molecule has 0 aliphatic carbocycles. The van der Waals surface area contributed by atoms with Gasteiger partial charge in [-0.05, 0) is 36.8 Å². The molecule has 3 aromatic rings. The van der Waals surface area contributed by atoms with E-state index in [0.717, 1.165) is 22.4 Å². The van der Waals surface area contributed by atoms with Gasteiger partial charge in [0.2, 0.25) is 17.2 Å². The van der Waals surface area contributed by atoms with Crippen LogP contribution in [-0.4, -0.2) is 26.3 Å². The quantitative estimate of drug-likeness (QED) is 0.560. The molecule has 0 saturated carbocycles. The first-order valence-electron chi connectivity index (χ1n) is 8.66. The first-order chi connectivity index (χ1) is 13.5. The molecule has 7 nitrogen and oxygen atoms in total. The van der Waals surface area contributed by atoms with Gasteiger partial charge in [0.15, 0.2) is 0 Å². The zero-order valence-electron chi connectivity index (χ0n) is 16.3. The summed E-state index contributed by atoms with van der Waals surface area (Å²) in [6.07, 6.45) is 0. The number of benzene rings is 2. The number of rotatable bonds is 8. The number of hydrogen-bond donors (Lipinski definition) is 1. The molecule has 2 aromatic carbocycles. The number of oxazole rings is 1. The lowest BCUT2D eigenvalue weighted by Crippen LogP contribution is -2.14. The van der Waals surface area contributed by atoms with E-state index in [0.29, 0.717) is 12.4 Å². The standard InChI is InChI=1S/C20H23N2O5P/c1-14-5-9-16(10-6-14)18-22-20(28(23,25-3)26-4)19(27-18)21-13-15-7-11-17(24-2)12-8-15/h5-12,21H,13H2,1-4H3. The van der Waals surface area contributed by atoms with Gasteiger partial charge >= 0.3 is 7.60 Å². The Morgan fingerprint density at radius 2 is 1.64 bits per heavy atom. The van der Waals surface area contributed by atoms with Crippen LogP contribution in [0.1, 0.15) is 11.1 Å². The molecule has 0 aliphatic heterocycles. The number of ether oxygens (including phenoxy) is 1. The molecule has 1 N–H and O–H groups in total. The van der Waals surface area contributed by atoms with Gasteiger partial charge in [-0.15, -0.1) is 0 Å². The van der Waals surface area contributed by atoms with Crippen molar-refractivity contribution < 1.29 is 22.8 Å².